The summed E-state index contributed by atoms with van der Waals surface area (Å²) in [6.07, 6.45) is 1.89. The fourth-order valence-corrected chi connectivity index (χ4v) is 2.74. The average molecular weight is 303 g/mol. The number of rotatable bonds is 2. The number of likely N-dealkylation sites (tertiary alicyclic amines) is 1. The Morgan fingerprint density at radius 3 is 2.55 bits per heavy atom. The maximum absolute atomic E-state index is 12.5. The lowest BCUT2D eigenvalue weighted by Crippen LogP contribution is -2.51. The van der Waals surface area contributed by atoms with Gasteiger partial charge in [-0.25, -0.2) is 4.79 Å². The molecule has 2 heterocycles. The Balaban J connectivity index is 1.72. The van der Waals surface area contributed by atoms with Crippen LogP contribution < -0.4 is 4.74 Å². The molecule has 2 aliphatic heterocycles. The molecular formula is C16H17NO5. The molecule has 116 valence electrons. The highest BCUT2D eigenvalue weighted by Crippen LogP contribution is 2.28. The zero-order chi connectivity index (χ0) is 15.7. The number of piperidine rings is 1. The van der Waals surface area contributed by atoms with Crippen molar-refractivity contribution in [1.29, 1.82) is 0 Å². The lowest BCUT2D eigenvalue weighted by molar-refractivity contribution is -0.165. The normalized spacial score (nSPS) is 19.7. The summed E-state index contributed by atoms with van der Waals surface area (Å²) in [6.45, 7) is 0.650. The van der Waals surface area contributed by atoms with Crippen LogP contribution in [0.25, 0.3) is 6.08 Å². The molecule has 22 heavy (non-hydrogen) atoms. The van der Waals surface area contributed by atoms with E-state index in [2.05, 4.69) is 0 Å². The van der Waals surface area contributed by atoms with E-state index in [9.17, 15) is 14.7 Å². The molecule has 0 saturated carbocycles. The third kappa shape index (κ3) is 2.57. The predicted octanol–water partition coefficient (Wildman–Crippen LogP) is 0.900. The predicted molar refractivity (Wildman–Crippen MR) is 78.3 cm³/mol. The van der Waals surface area contributed by atoms with Gasteiger partial charge in [0.1, 0.15) is 12.4 Å². The van der Waals surface area contributed by atoms with Crippen molar-refractivity contribution in [2.75, 3.05) is 19.7 Å². The van der Waals surface area contributed by atoms with Crippen LogP contribution in [0.5, 0.6) is 5.75 Å². The van der Waals surface area contributed by atoms with Crippen LogP contribution in [0, 0.1) is 0 Å². The standard InChI is InChI=1S/C16H17NO5/c18-14(17-7-5-16(21,6-8-17)15(19)20)12-9-11-3-1-2-4-13(11)22-10-12/h1-4,9,21H,5-8,10H2,(H,19,20). The Bertz CT molecular complexity index is 644. The first kappa shape index (κ1) is 14.6. The minimum atomic E-state index is -1.72. The number of benzene rings is 1. The SMILES string of the molecule is O=C(C1=Cc2ccccc2OC1)N1CCC(O)(C(=O)O)CC1. The van der Waals surface area contributed by atoms with Gasteiger partial charge in [0.15, 0.2) is 5.60 Å². The number of fused-ring (bicyclic) bond motifs is 1. The number of amides is 1. The number of carboxylic acids is 1. The first-order chi connectivity index (χ1) is 10.5. The number of para-hydroxylation sites is 1. The minimum absolute atomic E-state index is 0.0405. The van der Waals surface area contributed by atoms with E-state index >= 15 is 0 Å². The second-order valence-electron chi connectivity index (χ2n) is 5.63. The molecule has 1 saturated heterocycles. The summed E-state index contributed by atoms with van der Waals surface area (Å²) >= 11 is 0. The Labute approximate surface area is 127 Å². The monoisotopic (exact) mass is 303 g/mol. The quantitative estimate of drug-likeness (QED) is 0.847. The summed E-state index contributed by atoms with van der Waals surface area (Å²) in [5, 5.41) is 18.9. The molecule has 0 aromatic heterocycles. The molecule has 2 aliphatic rings. The van der Waals surface area contributed by atoms with Crippen molar-refractivity contribution in [3.8, 4) is 5.75 Å². The third-order valence-electron chi connectivity index (χ3n) is 4.18. The number of carbonyl (C=O) groups is 2. The van der Waals surface area contributed by atoms with E-state index < -0.39 is 11.6 Å². The first-order valence-electron chi connectivity index (χ1n) is 7.17. The largest absolute Gasteiger partial charge is 0.488 e. The number of aliphatic carboxylic acids is 1. The Morgan fingerprint density at radius 2 is 1.86 bits per heavy atom. The van der Waals surface area contributed by atoms with Crippen molar-refractivity contribution in [3.63, 3.8) is 0 Å². The number of carboxylic acid groups (broad SMARTS) is 1. The summed E-state index contributed by atoms with van der Waals surface area (Å²) in [5.41, 5.74) is -0.323. The van der Waals surface area contributed by atoms with Crippen molar-refractivity contribution in [3.05, 3.63) is 35.4 Å². The number of aliphatic hydroxyl groups is 1. The topological polar surface area (TPSA) is 87.1 Å². The number of hydrogen-bond acceptors (Lipinski definition) is 4. The van der Waals surface area contributed by atoms with Gasteiger partial charge in [-0.15, -0.1) is 0 Å². The molecule has 1 amide bonds. The Hall–Kier alpha value is -2.34. The fraction of sp³-hybridized carbons (Fsp3) is 0.375. The van der Waals surface area contributed by atoms with Gasteiger partial charge in [0.05, 0.1) is 5.57 Å². The molecule has 0 unspecified atom stereocenters. The van der Waals surface area contributed by atoms with E-state index in [4.69, 9.17) is 9.84 Å². The van der Waals surface area contributed by atoms with Crippen molar-refractivity contribution in [2.24, 2.45) is 0 Å². The highest BCUT2D eigenvalue weighted by atomic mass is 16.5. The molecule has 0 spiro atoms. The minimum Gasteiger partial charge on any atom is -0.488 e. The number of hydrogen-bond donors (Lipinski definition) is 2. The Morgan fingerprint density at radius 1 is 1.18 bits per heavy atom. The van der Waals surface area contributed by atoms with E-state index in [0.717, 1.165) is 11.3 Å². The van der Waals surface area contributed by atoms with Crippen LogP contribution in [-0.2, 0) is 9.59 Å². The third-order valence-corrected chi connectivity index (χ3v) is 4.18. The van der Waals surface area contributed by atoms with Crippen LogP contribution in [0.1, 0.15) is 18.4 Å². The lowest BCUT2D eigenvalue weighted by atomic mass is 9.91. The maximum Gasteiger partial charge on any atom is 0.335 e. The number of ether oxygens (including phenoxy) is 1. The zero-order valence-corrected chi connectivity index (χ0v) is 12.0. The first-order valence-corrected chi connectivity index (χ1v) is 7.17. The van der Waals surface area contributed by atoms with E-state index in [-0.39, 0.29) is 38.4 Å². The van der Waals surface area contributed by atoms with Crippen molar-refractivity contribution >= 4 is 18.0 Å². The summed E-state index contributed by atoms with van der Waals surface area (Å²) in [4.78, 5) is 25.1. The van der Waals surface area contributed by atoms with E-state index in [1.807, 2.05) is 24.3 Å². The molecule has 2 N–H and O–H groups in total. The van der Waals surface area contributed by atoms with Gasteiger partial charge in [-0.05, 0) is 12.1 Å². The van der Waals surface area contributed by atoms with Crippen molar-refractivity contribution < 1.29 is 24.5 Å². The molecule has 0 atom stereocenters. The second kappa shape index (κ2) is 5.46. The molecule has 1 aromatic rings. The molecular weight excluding hydrogens is 286 g/mol. The number of carbonyl (C=O) groups excluding carboxylic acids is 1. The molecule has 0 radical (unpaired) electrons. The van der Waals surface area contributed by atoms with Crippen LogP contribution in [0.4, 0.5) is 0 Å². The van der Waals surface area contributed by atoms with Gasteiger partial charge < -0.3 is 19.8 Å². The van der Waals surface area contributed by atoms with Crippen LogP contribution >= 0.6 is 0 Å². The summed E-state index contributed by atoms with van der Waals surface area (Å²) in [6, 6.07) is 7.47. The van der Waals surface area contributed by atoms with Gasteiger partial charge in [0.2, 0.25) is 0 Å². The average Bonchev–Trinajstić information content (AvgIpc) is 2.54. The number of nitrogens with zero attached hydrogens (tertiary/aromatic N) is 1. The molecule has 1 aromatic carbocycles. The van der Waals surface area contributed by atoms with Gasteiger partial charge in [-0.1, -0.05) is 18.2 Å². The van der Waals surface area contributed by atoms with Crippen molar-refractivity contribution in [1.82, 2.24) is 4.90 Å². The maximum atomic E-state index is 12.5. The molecule has 0 bridgehead atoms. The summed E-state index contributed by atoms with van der Waals surface area (Å²) in [5.74, 6) is -0.645. The van der Waals surface area contributed by atoms with E-state index in [0.29, 0.717) is 5.57 Å². The highest BCUT2D eigenvalue weighted by Gasteiger charge is 2.40. The summed E-state index contributed by atoms with van der Waals surface area (Å²) < 4.78 is 5.57. The zero-order valence-electron chi connectivity index (χ0n) is 12.0. The molecule has 0 aliphatic carbocycles. The van der Waals surface area contributed by atoms with Crippen LogP contribution in [-0.4, -0.2) is 52.3 Å². The Kier molecular flexibility index (Phi) is 3.62. The molecule has 6 heteroatoms. The van der Waals surface area contributed by atoms with Crippen molar-refractivity contribution in [2.45, 2.75) is 18.4 Å². The van der Waals surface area contributed by atoms with Gasteiger partial charge in [-0.2, -0.15) is 0 Å². The van der Waals surface area contributed by atoms with Gasteiger partial charge in [0.25, 0.3) is 5.91 Å². The van der Waals surface area contributed by atoms with Gasteiger partial charge in [0, 0.05) is 31.5 Å². The van der Waals surface area contributed by atoms with E-state index in [1.165, 1.54) is 0 Å². The van der Waals surface area contributed by atoms with Crippen LogP contribution in [0.3, 0.4) is 0 Å². The van der Waals surface area contributed by atoms with Gasteiger partial charge >= 0.3 is 5.97 Å². The fourth-order valence-electron chi connectivity index (χ4n) is 2.74. The second-order valence-corrected chi connectivity index (χ2v) is 5.63. The molecule has 1 fully saturated rings. The highest BCUT2D eigenvalue weighted by molar-refractivity contribution is 5.99. The van der Waals surface area contributed by atoms with E-state index in [1.54, 1.807) is 11.0 Å². The van der Waals surface area contributed by atoms with Crippen LogP contribution in [0.2, 0.25) is 0 Å². The smallest absolute Gasteiger partial charge is 0.335 e. The molecule has 3 rings (SSSR count). The summed E-state index contributed by atoms with van der Waals surface area (Å²) in [7, 11) is 0. The van der Waals surface area contributed by atoms with Gasteiger partial charge in [-0.3, -0.25) is 4.79 Å². The lowest BCUT2D eigenvalue weighted by Gasteiger charge is -2.36. The molecule has 6 nitrogen and oxygen atoms in total. The van der Waals surface area contributed by atoms with Crippen LogP contribution in [0.15, 0.2) is 29.8 Å².